The van der Waals surface area contributed by atoms with Gasteiger partial charge in [0.1, 0.15) is 23.3 Å². The van der Waals surface area contributed by atoms with Gasteiger partial charge >= 0.3 is 12.1 Å². The highest BCUT2D eigenvalue weighted by atomic mass is 35.5. The van der Waals surface area contributed by atoms with E-state index in [0.29, 0.717) is 33.0 Å². The van der Waals surface area contributed by atoms with Gasteiger partial charge in [0.25, 0.3) is 0 Å². The minimum absolute atomic E-state index is 0.00165. The summed E-state index contributed by atoms with van der Waals surface area (Å²) >= 11 is 6.23. The van der Waals surface area contributed by atoms with Gasteiger partial charge in [0.2, 0.25) is 5.91 Å². The second-order valence-corrected chi connectivity index (χ2v) is 12.9. The predicted octanol–water partition coefficient (Wildman–Crippen LogP) is 5.09. The Morgan fingerprint density at radius 2 is 1.71 bits per heavy atom. The summed E-state index contributed by atoms with van der Waals surface area (Å²) in [5.41, 5.74) is 7.03. The molecule has 4 rings (SSSR count). The number of nitriles is 1. The Balaban J connectivity index is 1.67. The van der Waals surface area contributed by atoms with Crippen molar-refractivity contribution >= 4 is 46.2 Å². The Kier molecular flexibility index (Phi) is 8.58. The molecule has 10 nitrogen and oxygen atoms in total. The molecule has 1 saturated heterocycles. The molecule has 42 heavy (non-hydrogen) atoms. The predicted molar refractivity (Wildman–Crippen MR) is 160 cm³/mol. The molecule has 11 heteroatoms. The minimum atomic E-state index is -0.920. The molecule has 1 atom stereocenters. The van der Waals surface area contributed by atoms with Crippen LogP contribution in [-0.4, -0.2) is 62.7 Å². The molecule has 1 fully saturated rings. The molecular formula is C31H36ClN5O5. The number of nitrogen functional groups attached to an aromatic ring is 1. The lowest BCUT2D eigenvalue weighted by Gasteiger charge is -2.40. The van der Waals surface area contributed by atoms with Gasteiger partial charge in [-0.3, -0.25) is 9.69 Å². The maximum Gasteiger partial charge on any atom is 0.419 e. The Labute approximate surface area is 250 Å². The maximum atomic E-state index is 13.6. The Morgan fingerprint density at radius 3 is 2.33 bits per heavy atom. The first-order chi connectivity index (χ1) is 19.5. The minimum Gasteiger partial charge on any atom is -0.458 e. The molecule has 1 amide bonds. The number of nitrogens with two attached hydrogens (primary N) is 1. The molecule has 0 aliphatic carbocycles. The monoisotopic (exact) mass is 593 g/mol. The molecule has 222 valence electrons. The standard InChI is InChI=1S/C31H36ClN5O5/c1-30(2,3)41-28(39)26-17-35(18-27(38)36(26)15-19-7-8-20(14-33)24(34)11-19)16-23-13-21-12-22(32)9-10-25(21)37(23)29(40)42-31(4,5)6/h7-13,26H,15-18,34H2,1-6H3/t26-/m0/s1. The first kappa shape index (κ1) is 30.9. The molecule has 2 heterocycles. The zero-order valence-corrected chi connectivity index (χ0v) is 25.5. The number of ether oxygens (including phenoxy) is 2. The van der Waals surface area contributed by atoms with E-state index in [1.165, 1.54) is 9.47 Å². The van der Waals surface area contributed by atoms with Crippen molar-refractivity contribution in [2.45, 2.75) is 71.9 Å². The van der Waals surface area contributed by atoms with Crippen LogP contribution < -0.4 is 5.73 Å². The molecule has 3 aromatic rings. The van der Waals surface area contributed by atoms with E-state index in [9.17, 15) is 19.6 Å². The molecule has 1 aromatic heterocycles. The second-order valence-electron chi connectivity index (χ2n) is 12.4. The normalized spacial score (nSPS) is 16.4. The number of hydrogen-bond acceptors (Lipinski definition) is 8. The SMILES string of the molecule is CC(C)(C)OC(=O)[C@@H]1CN(Cc2cc3cc(Cl)ccc3n2C(=O)OC(C)(C)C)CC(=O)N1Cc1ccc(C#N)c(N)c1. The zero-order chi connectivity index (χ0) is 31.0. The number of piperazine rings is 1. The van der Waals surface area contributed by atoms with Crippen LogP contribution in [0.3, 0.4) is 0 Å². The van der Waals surface area contributed by atoms with Gasteiger partial charge in [0.15, 0.2) is 0 Å². The van der Waals surface area contributed by atoms with E-state index in [1.807, 2.05) is 17.0 Å². The van der Waals surface area contributed by atoms with Crippen LogP contribution in [0, 0.1) is 11.3 Å². The van der Waals surface area contributed by atoms with E-state index in [1.54, 1.807) is 77.9 Å². The number of hydrogen-bond donors (Lipinski definition) is 1. The topological polar surface area (TPSA) is 131 Å². The van der Waals surface area contributed by atoms with Crippen molar-refractivity contribution in [3.8, 4) is 6.07 Å². The fourth-order valence-corrected chi connectivity index (χ4v) is 5.06. The van der Waals surface area contributed by atoms with Crippen molar-refractivity contribution in [3.05, 3.63) is 64.3 Å². The summed E-state index contributed by atoms with van der Waals surface area (Å²) in [7, 11) is 0. The number of carbonyl (C=O) groups excluding carboxylic acids is 3. The van der Waals surface area contributed by atoms with E-state index in [4.69, 9.17) is 26.8 Å². The summed E-state index contributed by atoms with van der Waals surface area (Å²) in [6.07, 6.45) is -0.554. The lowest BCUT2D eigenvalue weighted by molar-refractivity contribution is -0.169. The number of halogens is 1. The molecule has 2 N–H and O–H groups in total. The third-order valence-electron chi connectivity index (χ3n) is 6.56. The lowest BCUT2D eigenvalue weighted by atomic mass is 10.1. The summed E-state index contributed by atoms with van der Waals surface area (Å²) in [4.78, 5) is 43.6. The van der Waals surface area contributed by atoms with Crippen LogP contribution in [0.5, 0.6) is 0 Å². The first-order valence-corrected chi connectivity index (χ1v) is 14.0. The van der Waals surface area contributed by atoms with Crippen molar-refractivity contribution in [2.24, 2.45) is 0 Å². The lowest BCUT2D eigenvalue weighted by Crippen LogP contribution is -2.59. The first-order valence-electron chi connectivity index (χ1n) is 13.6. The average molecular weight is 594 g/mol. The van der Waals surface area contributed by atoms with Gasteiger partial charge in [-0.2, -0.15) is 5.26 Å². The van der Waals surface area contributed by atoms with Gasteiger partial charge < -0.3 is 20.1 Å². The number of nitrogens with zero attached hydrogens (tertiary/aromatic N) is 4. The maximum absolute atomic E-state index is 13.6. The molecule has 0 saturated carbocycles. The van der Waals surface area contributed by atoms with E-state index in [0.717, 1.165) is 5.39 Å². The van der Waals surface area contributed by atoms with Crippen LogP contribution in [0.2, 0.25) is 5.02 Å². The number of benzene rings is 2. The summed E-state index contributed by atoms with van der Waals surface area (Å²) in [6.45, 7) is 11.1. The average Bonchev–Trinajstić information content (AvgIpc) is 3.20. The van der Waals surface area contributed by atoms with Gasteiger partial charge in [-0.15, -0.1) is 0 Å². The van der Waals surface area contributed by atoms with Crippen LogP contribution >= 0.6 is 11.6 Å². The van der Waals surface area contributed by atoms with Crippen molar-refractivity contribution in [1.29, 1.82) is 5.26 Å². The van der Waals surface area contributed by atoms with Crippen LogP contribution in [0.15, 0.2) is 42.5 Å². The molecule has 2 aromatic carbocycles. The number of esters is 1. The highest BCUT2D eigenvalue weighted by Crippen LogP contribution is 2.28. The van der Waals surface area contributed by atoms with E-state index < -0.39 is 29.3 Å². The highest BCUT2D eigenvalue weighted by molar-refractivity contribution is 6.31. The number of anilines is 1. The Hall–Kier alpha value is -4.07. The van der Waals surface area contributed by atoms with Gasteiger partial charge in [-0.25, -0.2) is 14.2 Å². The van der Waals surface area contributed by atoms with Crippen molar-refractivity contribution < 1.29 is 23.9 Å². The fourth-order valence-electron chi connectivity index (χ4n) is 4.88. The number of aromatic nitrogens is 1. The summed E-state index contributed by atoms with van der Waals surface area (Å²) in [6, 6.07) is 13.1. The smallest absolute Gasteiger partial charge is 0.419 e. The molecule has 0 bridgehead atoms. The van der Waals surface area contributed by atoms with Crippen molar-refractivity contribution in [3.63, 3.8) is 0 Å². The third-order valence-corrected chi connectivity index (χ3v) is 6.79. The van der Waals surface area contributed by atoms with Crippen LogP contribution in [0.4, 0.5) is 10.5 Å². The third kappa shape index (κ3) is 7.22. The molecule has 1 aliphatic heterocycles. The number of carbonyl (C=O) groups is 3. The van der Waals surface area contributed by atoms with Crippen LogP contribution in [-0.2, 0) is 32.2 Å². The van der Waals surface area contributed by atoms with Gasteiger partial charge in [-0.05, 0) is 83.5 Å². The van der Waals surface area contributed by atoms with Gasteiger partial charge in [0, 0.05) is 41.4 Å². The summed E-state index contributed by atoms with van der Waals surface area (Å²) in [5.74, 6) is -0.829. The van der Waals surface area contributed by atoms with E-state index in [2.05, 4.69) is 0 Å². The molecule has 0 radical (unpaired) electrons. The fraction of sp³-hybridized carbons (Fsp3) is 0.419. The highest BCUT2D eigenvalue weighted by Gasteiger charge is 2.40. The Morgan fingerprint density at radius 1 is 1.02 bits per heavy atom. The second kappa shape index (κ2) is 11.7. The quantitative estimate of drug-likeness (QED) is 0.320. The van der Waals surface area contributed by atoms with Crippen LogP contribution in [0.1, 0.15) is 58.4 Å². The number of amides is 1. The molecule has 0 spiro atoms. The van der Waals surface area contributed by atoms with Crippen molar-refractivity contribution in [2.75, 3.05) is 18.8 Å². The molecule has 0 unspecified atom stereocenters. The van der Waals surface area contributed by atoms with Gasteiger partial charge in [-0.1, -0.05) is 17.7 Å². The zero-order valence-electron chi connectivity index (χ0n) is 24.7. The number of fused-ring (bicyclic) bond motifs is 1. The van der Waals surface area contributed by atoms with Crippen molar-refractivity contribution in [1.82, 2.24) is 14.4 Å². The number of rotatable bonds is 5. The van der Waals surface area contributed by atoms with Gasteiger partial charge in [0.05, 0.1) is 17.6 Å². The summed E-state index contributed by atoms with van der Waals surface area (Å²) < 4.78 is 12.9. The van der Waals surface area contributed by atoms with Crippen LogP contribution in [0.25, 0.3) is 10.9 Å². The largest absolute Gasteiger partial charge is 0.458 e. The Bertz CT molecular complexity index is 1580. The molecular weight excluding hydrogens is 558 g/mol. The summed E-state index contributed by atoms with van der Waals surface area (Å²) in [5, 5.41) is 10.5. The van der Waals surface area contributed by atoms with E-state index >= 15 is 0 Å². The van der Waals surface area contributed by atoms with E-state index in [-0.39, 0.29) is 32.1 Å². The molecule has 1 aliphatic rings.